The SMILES string of the molecule is Cc1cccc(C#N)c1NCc1ccc(CO)cc1. The number of nitrogens with one attached hydrogen (secondary N) is 1. The summed E-state index contributed by atoms with van der Waals surface area (Å²) in [5.41, 5.74) is 4.62. The van der Waals surface area contributed by atoms with Gasteiger partial charge in [0.15, 0.2) is 0 Å². The summed E-state index contributed by atoms with van der Waals surface area (Å²) >= 11 is 0. The predicted octanol–water partition coefficient (Wildman–Crippen LogP) is 2.97. The van der Waals surface area contributed by atoms with Gasteiger partial charge in [0, 0.05) is 6.54 Å². The highest BCUT2D eigenvalue weighted by atomic mass is 16.3. The highest BCUT2D eigenvalue weighted by Gasteiger charge is 2.04. The molecule has 19 heavy (non-hydrogen) atoms. The van der Waals surface area contributed by atoms with Gasteiger partial charge in [-0.25, -0.2) is 0 Å². The van der Waals surface area contributed by atoms with Crippen molar-refractivity contribution in [1.29, 1.82) is 5.26 Å². The molecule has 2 aromatic rings. The number of nitriles is 1. The van der Waals surface area contributed by atoms with Crippen LogP contribution in [0.25, 0.3) is 0 Å². The lowest BCUT2D eigenvalue weighted by molar-refractivity contribution is 0.282. The maximum atomic E-state index is 9.09. The third-order valence-corrected chi connectivity index (χ3v) is 3.07. The van der Waals surface area contributed by atoms with E-state index in [9.17, 15) is 0 Å². The topological polar surface area (TPSA) is 56.0 Å². The van der Waals surface area contributed by atoms with Crippen molar-refractivity contribution in [3.63, 3.8) is 0 Å². The van der Waals surface area contributed by atoms with E-state index in [1.165, 1.54) is 0 Å². The number of aliphatic hydroxyl groups is 1. The fourth-order valence-corrected chi connectivity index (χ4v) is 1.95. The van der Waals surface area contributed by atoms with Gasteiger partial charge in [-0.1, -0.05) is 36.4 Å². The number of nitrogens with zero attached hydrogens (tertiary/aromatic N) is 1. The molecule has 3 nitrogen and oxygen atoms in total. The van der Waals surface area contributed by atoms with Gasteiger partial charge in [0.1, 0.15) is 6.07 Å². The number of anilines is 1. The number of hydrogen-bond acceptors (Lipinski definition) is 3. The van der Waals surface area contributed by atoms with Crippen LogP contribution < -0.4 is 5.32 Å². The maximum Gasteiger partial charge on any atom is 0.101 e. The van der Waals surface area contributed by atoms with Gasteiger partial charge in [0.05, 0.1) is 17.9 Å². The van der Waals surface area contributed by atoms with E-state index in [1.807, 2.05) is 49.4 Å². The highest BCUT2D eigenvalue weighted by Crippen LogP contribution is 2.20. The second kappa shape index (κ2) is 6.03. The van der Waals surface area contributed by atoms with Crippen molar-refractivity contribution < 1.29 is 5.11 Å². The van der Waals surface area contributed by atoms with Crippen LogP contribution in [0.1, 0.15) is 22.3 Å². The molecule has 0 bridgehead atoms. The van der Waals surface area contributed by atoms with Gasteiger partial charge < -0.3 is 10.4 Å². The van der Waals surface area contributed by atoms with Gasteiger partial charge in [0.2, 0.25) is 0 Å². The molecule has 0 unspecified atom stereocenters. The Kier molecular flexibility index (Phi) is 4.17. The van der Waals surface area contributed by atoms with Crippen LogP contribution in [0.3, 0.4) is 0 Å². The molecule has 0 radical (unpaired) electrons. The largest absolute Gasteiger partial charge is 0.392 e. The van der Waals surface area contributed by atoms with Crippen LogP contribution in [0.5, 0.6) is 0 Å². The lowest BCUT2D eigenvalue weighted by Gasteiger charge is -2.11. The number of para-hydroxylation sites is 1. The van der Waals surface area contributed by atoms with Gasteiger partial charge in [-0.15, -0.1) is 0 Å². The van der Waals surface area contributed by atoms with Crippen molar-refractivity contribution in [3.8, 4) is 6.07 Å². The van der Waals surface area contributed by atoms with Gasteiger partial charge in [-0.3, -0.25) is 0 Å². The molecule has 0 saturated carbocycles. The lowest BCUT2D eigenvalue weighted by atomic mass is 10.1. The third kappa shape index (κ3) is 3.12. The Morgan fingerprint density at radius 1 is 1.11 bits per heavy atom. The molecule has 0 saturated heterocycles. The first kappa shape index (κ1) is 13.1. The zero-order valence-corrected chi connectivity index (χ0v) is 10.9. The summed E-state index contributed by atoms with van der Waals surface area (Å²) in [4.78, 5) is 0. The third-order valence-electron chi connectivity index (χ3n) is 3.07. The molecule has 2 rings (SSSR count). The molecule has 0 aliphatic rings. The summed E-state index contributed by atoms with van der Waals surface area (Å²) in [6, 6.07) is 15.6. The lowest BCUT2D eigenvalue weighted by Crippen LogP contribution is -2.03. The average Bonchev–Trinajstić information content (AvgIpc) is 2.46. The Labute approximate surface area is 113 Å². The minimum Gasteiger partial charge on any atom is -0.392 e. The number of benzene rings is 2. The molecule has 2 aromatic carbocycles. The van der Waals surface area contributed by atoms with Crippen LogP contribution in [-0.4, -0.2) is 5.11 Å². The first-order valence-corrected chi connectivity index (χ1v) is 6.17. The van der Waals surface area contributed by atoms with Gasteiger partial charge in [0.25, 0.3) is 0 Å². The van der Waals surface area contributed by atoms with E-state index in [4.69, 9.17) is 10.4 Å². The number of hydrogen-bond donors (Lipinski definition) is 2. The molecular weight excluding hydrogens is 236 g/mol. The molecule has 0 fully saturated rings. The highest BCUT2D eigenvalue weighted by molar-refractivity contribution is 5.62. The fourth-order valence-electron chi connectivity index (χ4n) is 1.95. The van der Waals surface area contributed by atoms with Crippen molar-refractivity contribution in [2.45, 2.75) is 20.1 Å². The molecule has 3 heteroatoms. The Bertz CT molecular complexity index is 597. The van der Waals surface area contributed by atoms with Crippen LogP contribution in [-0.2, 0) is 13.2 Å². The molecular formula is C16H16N2O. The van der Waals surface area contributed by atoms with Gasteiger partial charge in [-0.2, -0.15) is 5.26 Å². The fraction of sp³-hybridized carbons (Fsp3) is 0.188. The Morgan fingerprint density at radius 2 is 1.79 bits per heavy atom. The van der Waals surface area contributed by atoms with Crippen LogP contribution in [0.4, 0.5) is 5.69 Å². The van der Waals surface area contributed by atoms with Gasteiger partial charge in [-0.05, 0) is 29.7 Å². The summed E-state index contributed by atoms with van der Waals surface area (Å²) in [6.07, 6.45) is 0. The smallest absolute Gasteiger partial charge is 0.101 e. The molecule has 0 aromatic heterocycles. The Hall–Kier alpha value is -2.31. The molecule has 2 N–H and O–H groups in total. The standard InChI is InChI=1S/C16H16N2O/c1-12-3-2-4-15(9-17)16(12)18-10-13-5-7-14(11-19)8-6-13/h2-8,18-19H,10-11H2,1H3. The number of aryl methyl sites for hydroxylation is 1. The normalized spacial score (nSPS) is 9.95. The van der Waals surface area contributed by atoms with Crippen molar-refractivity contribution in [3.05, 3.63) is 64.7 Å². The van der Waals surface area contributed by atoms with E-state index >= 15 is 0 Å². The van der Waals surface area contributed by atoms with Crippen LogP contribution in [0, 0.1) is 18.3 Å². The molecule has 0 heterocycles. The Balaban J connectivity index is 2.12. The first-order valence-electron chi connectivity index (χ1n) is 6.17. The molecule has 0 spiro atoms. The van der Waals surface area contributed by atoms with E-state index < -0.39 is 0 Å². The van der Waals surface area contributed by atoms with E-state index in [1.54, 1.807) is 0 Å². The predicted molar refractivity (Wildman–Crippen MR) is 75.6 cm³/mol. The summed E-state index contributed by atoms with van der Waals surface area (Å²) in [6.45, 7) is 2.70. The summed E-state index contributed by atoms with van der Waals surface area (Å²) in [5, 5.41) is 21.4. The van der Waals surface area contributed by atoms with Gasteiger partial charge >= 0.3 is 0 Å². The van der Waals surface area contributed by atoms with E-state index in [-0.39, 0.29) is 6.61 Å². The molecule has 0 amide bonds. The van der Waals surface area contributed by atoms with E-state index in [0.717, 1.165) is 22.4 Å². The van der Waals surface area contributed by atoms with Crippen molar-refractivity contribution in [2.75, 3.05) is 5.32 Å². The minimum atomic E-state index is 0.0596. The summed E-state index contributed by atoms with van der Waals surface area (Å²) in [7, 11) is 0. The summed E-state index contributed by atoms with van der Waals surface area (Å²) in [5.74, 6) is 0. The van der Waals surface area contributed by atoms with Crippen molar-refractivity contribution >= 4 is 5.69 Å². The summed E-state index contributed by atoms with van der Waals surface area (Å²) < 4.78 is 0. The van der Waals surface area contributed by atoms with Crippen LogP contribution in [0.2, 0.25) is 0 Å². The molecule has 0 aliphatic heterocycles. The maximum absolute atomic E-state index is 9.09. The number of rotatable bonds is 4. The quantitative estimate of drug-likeness (QED) is 0.879. The molecule has 0 aliphatic carbocycles. The second-order valence-corrected chi connectivity index (χ2v) is 4.44. The monoisotopic (exact) mass is 252 g/mol. The van der Waals surface area contributed by atoms with Crippen molar-refractivity contribution in [2.24, 2.45) is 0 Å². The zero-order valence-electron chi connectivity index (χ0n) is 10.9. The molecule has 96 valence electrons. The first-order chi connectivity index (χ1) is 9.24. The number of aliphatic hydroxyl groups excluding tert-OH is 1. The average molecular weight is 252 g/mol. The van der Waals surface area contributed by atoms with Crippen molar-refractivity contribution in [1.82, 2.24) is 0 Å². The van der Waals surface area contributed by atoms with E-state index in [0.29, 0.717) is 12.1 Å². The minimum absolute atomic E-state index is 0.0596. The molecule has 0 atom stereocenters. The van der Waals surface area contributed by atoms with Crippen LogP contribution in [0.15, 0.2) is 42.5 Å². The zero-order chi connectivity index (χ0) is 13.7. The second-order valence-electron chi connectivity index (χ2n) is 4.44. The van der Waals surface area contributed by atoms with E-state index in [2.05, 4.69) is 11.4 Å². The van der Waals surface area contributed by atoms with Crippen LogP contribution >= 0.6 is 0 Å². The Morgan fingerprint density at radius 3 is 2.42 bits per heavy atom.